The van der Waals surface area contributed by atoms with Crippen LogP contribution in [0.2, 0.25) is 0 Å². The highest BCUT2D eigenvalue weighted by molar-refractivity contribution is 5.59. The van der Waals surface area contributed by atoms with Gasteiger partial charge in [-0.05, 0) is 42.5 Å². The summed E-state index contributed by atoms with van der Waals surface area (Å²) in [5, 5.41) is 3.45. The molecule has 0 radical (unpaired) electrons. The van der Waals surface area contributed by atoms with E-state index in [-0.39, 0.29) is 0 Å². The fourth-order valence-corrected chi connectivity index (χ4v) is 1.95. The maximum absolute atomic E-state index is 3.45. The van der Waals surface area contributed by atoms with Crippen molar-refractivity contribution in [3.8, 4) is 0 Å². The Hall–Kier alpha value is -1.50. The van der Waals surface area contributed by atoms with E-state index in [1.54, 1.807) is 0 Å². The van der Waals surface area contributed by atoms with E-state index in [4.69, 9.17) is 0 Å². The highest BCUT2D eigenvalue weighted by Crippen LogP contribution is 2.17. The zero-order chi connectivity index (χ0) is 11.2. The lowest BCUT2D eigenvalue weighted by Crippen LogP contribution is -2.13. The Labute approximate surface area is 97.9 Å². The molecule has 1 nitrogen and oxygen atoms in total. The molecule has 1 aliphatic rings. The fourth-order valence-electron chi connectivity index (χ4n) is 1.95. The van der Waals surface area contributed by atoms with Gasteiger partial charge in [0, 0.05) is 12.2 Å². The minimum atomic E-state index is 1.04. The lowest BCUT2D eigenvalue weighted by Gasteiger charge is -2.11. The third-order valence-electron chi connectivity index (χ3n) is 2.82. The molecule has 1 aliphatic carbocycles. The van der Waals surface area contributed by atoms with Crippen molar-refractivity contribution in [1.82, 2.24) is 5.32 Å². The van der Waals surface area contributed by atoms with Gasteiger partial charge in [0.05, 0.1) is 0 Å². The molecular formula is C15H19N. The van der Waals surface area contributed by atoms with E-state index in [1.807, 2.05) is 0 Å². The second-order valence-electron chi connectivity index (χ2n) is 4.17. The lowest BCUT2D eigenvalue weighted by atomic mass is 9.99. The first-order chi connectivity index (χ1) is 7.90. The molecule has 0 saturated heterocycles. The largest absolute Gasteiger partial charge is 0.385 e. The van der Waals surface area contributed by atoms with E-state index >= 15 is 0 Å². The highest BCUT2D eigenvalue weighted by Gasteiger charge is 2.02. The third-order valence-corrected chi connectivity index (χ3v) is 2.82. The van der Waals surface area contributed by atoms with Crippen LogP contribution in [0.25, 0.3) is 6.08 Å². The maximum atomic E-state index is 3.45. The molecule has 0 saturated carbocycles. The second kappa shape index (κ2) is 5.55. The predicted molar refractivity (Wildman–Crippen MR) is 70.2 cm³/mol. The molecule has 1 heteroatoms. The summed E-state index contributed by atoms with van der Waals surface area (Å²) in [4.78, 5) is 0. The topological polar surface area (TPSA) is 12.0 Å². The summed E-state index contributed by atoms with van der Waals surface area (Å²) in [5.74, 6) is 0. The summed E-state index contributed by atoms with van der Waals surface area (Å²) in [7, 11) is 0. The summed E-state index contributed by atoms with van der Waals surface area (Å²) in [5.41, 5.74) is 4.03. The van der Waals surface area contributed by atoms with Gasteiger partial charge in [-0.1, -0.05) is 37.3 Å². The Kier molecular flexibility index (Phi) is 3.81. The zero-order valence-electron chi connectivity index (χ0n) is 9.87. The van der Waals surface area contributed by atoms with Crippen LogP contribution in [0.5, 0.6) is 0 Å². The Morgan fingerprint density at radius 2 is 2.12 bits per heavy atom. The fraction of sp³-hybridized carbons (Fsp3) is 0.333. The summed E-state index contributed by atoms with van der Waals surface area (Å²) < 4.78 is 0. The van der Waals surface area contributed by atoms with Crippen molar-refractivity contribution in [1.29, 1.82) is 0 Å². The normalized spacial score (nSPS) is 19.9. The molecule has 0 spiro atoms. The van der Waals surface area contributed by atoms with E-state index in [1.165, 1.54) is 16.8 Å². The van der Waals surface area contributed by atoms with Crippen molar-refractivity contribution in [2.45, 2.75) is 26.2 Å². The smallest absolute Gasteiger partial charge is 0.0343 e. The number of rotatable bonds is 3. The number of aryl methyl sites for hydroxylation is 1. The molecule has 0 amide bonds. The standard InChI is InChI=1S/C15H19N/c1-2-11-16-15-10-6-5-8-13-7-3-4-9-14(13)12-15/h3-4,6-7,9-10,12,16H,2,5,8,11H2,1H3/b10-6+,15-12+. The van der Waals surface area contributed by atoms with Gasteiger partial charge in [-0.25, -0.2) is 0 Å². The van der Waals surface area contributed by atoms with Gasteiger partial charge in [0.15, 0.2) is 0 Å². The molecule has 0 bridgehead atoms. The number of fused-ring (bicyclic) bond motifs is 1. The van der Waals surface area contributed by atoms with E-state index in [2.05, 4.69) is 54.7 Å². The van der Waals surface area contributed by atoms with Crippen molar-refractivity contribution < 1.29 is 0 Å². The van der Waals surface area contributed by atoms with Gasteiger partial charge < -0.3 is 5.32 Å². The van der Waals surface area contributed by atoms with Gasteiger partial charge in [0.1, 0.15) is 0 Å². The number of nitrogens with one attached hydrogen (secondary N) is 1. The van der Waals surface area contributed by atoms with Gasteiger partial charge in [0.2, 0.25) is 0 Å². The van der Waals surface area contributed by atoms with Crippen molar-refractivity contribution in [2.75, 3.05) is 6.54 Å². The molecule has 84 valence electrons. The summed E-state index contributed by atoms with van der Waals surface area (Å²) in [6, 6.07) is 8.65. The first kappa shape index (κ1) is 11.0. The summed E-state index contributed by atoms with van der Waals surface area (Å²) in [6.07, 6.45) is 10.1. The molecule has 2 rings (SSSR count). The Bertz CT molecular complexity index is 402. The van der Waals surface area contributed by atoms with Crippen LogP contribution in [0, 0.1) is 0 Å². The van der Waals surface area contributed by atoms with E-state index in [0.29, 0.717) is 0 Å². The second-order valence-corrected chi connectivity index (χ2v) is 4.17. The van der Waals surface area contributed by atoms with Gasteiger partial charge in [-0.2, -0.15) is 0 Å². The molecule has 0 fully saturated rings. The number of allylic oxidation sites excluding steroid dienone is 2. The average molecular weight is 213 g/mol. The molecule has 1 aromatic rings. The van der Waals surface area contributed by atoms with Crippen LogP contribution in [-0.4, -0.2) is 6.54 Å². The molecule has 1 aromatic carbocycles. The highest BCUT2D eigenvalue weighted by atomic mass is 14.9. The molecular weight excluding hydrogens is 194 g/mol. The van der Waals surface area contributed by atoms with Crippen LogP contribution in [0.15, 0.2) is 42.1 Å². The van der Waals surface area contributed by atoms with Crippen LogP contribution in [0.1, 0.15) is 30.9 Å². The van der Waals surface area contributed by atoms with Crippen molar-refractivity contribution >= 4 is 6.08 Å². The Balaban J connectivity index is 2.26. The quantitative estimate of drug-likeness (QED) is 0.810. The lowest BCUT2D eigenvalue weighted by molar-refractivity contribution is 0.786. The minimum absolute atomic E-state index is 1.04. The third kappa shape index (κ3) is 2.75. The SMILES string of the molecule is CCCNC1=C/c2ccccc2CC\C=C\1. The van der Waals surface area contributed by atoms with Crippen LogP contribution in [0.4, 0.5) is 0 Å². The summed E-state index contributed by atoms with van der Waals surface area (Å²) >= 11 is 0. The first-order valence-corrected chi connectivity index (χ1v) is 6.10. The van der Waals surface area contributed by atoms with Crippen molar-refractivity contribution in [2.24, 2.45) is 0 Å². The molecule has 0 atom stereocenters. The van der Waals surface area contributed by atoms with E-state index in [0.717, 1.165) is 25.8 Å². The predicted octanol–water partition coefficient (Wildman–Crippen LogP) is 3.53. The minimum Gasteiger partial charge on any atom is -0.385 e. The van der Waals surface area contributed by atoms with Gasteiger partial charge >= 0.3 is 0 Å². The monoisotopic (exact) mass is 213 g/mol. The van der Waals surface area contributed by atoms with Crippen LogP contribution in [-0.2, 0) is 6.42 Å². The number of hydrogen-bond donors (Lipinski definition) is 1. The Morgan fingerprint density at radius 1 is 1.25 bits per heavy atom. The molecule has 0 aliphatic heterocycles. The Morgan fingerprint density at radius 3 is 3.00 bits per heavy atom. The van der Waals surface area contributed by atoms with Crippen LogP contribution < -0.4 is 5.32 Å². The first-order valence-electron chi connectivity index (χ1n) is 6.10. The van der Waals surface area contributed by atoms with Crippen LogP contribution >= 0.6 is 0 Å². The van der Waals surface area contributed by atoms with Gasteiger partial charge in [-0.15, -0.1) is 0 Å². The average Bonchev–Trinajstić information content (AvgIpc) is 2.29. The van der Waals surface area contributed by atoms with Gasteiger partial charge in [-0.3, -0.25) is 0 Å². The molecule has 0 unspecified atom stereocenters. The van der Waals surface area contributed by atoms with E-state index < -0.39 is 0 Å². The van der Waals surface area contributed by atoms with E-state index in [9.17, 15) is 0 Å². The molecule has 0 heterocycles. The molecule has 0 aromatic heterocycles. The maximum Gasteiger partial charge on any atom is 0.0343 e. The van der Waals surface area contributed by atoms with Crippen molar-refractivity contribution in [3.63, 3.8) is 0 Å². The number of benzene rings is 1. The molecule has 16 heavy (non-hydrogen) atoms. The van der Waals surface area contributed by atoms with Gasteiger partial charge in [0.25, 0.3) is 0 Å². The molecule has 1 N–H and O–H groups in total. The number of hydrogen-bond acceptors (Lipinski definition) is 1. The summed E-state index contributed by atoms with van der Waals surface area (Å²) in [6.45, 7) is 3.23. The van der Waals surface area contributed by atoms with Crippen LogP contribution in [0.3, 0.4) is 0 Å². The zero-order valence-corrected chi connectivity index (χ0v) is 9.87. The van der Waals surface area contributed by atoms with Crippen molar-refractivity contribution in [3.05, 3.63) is 53.2 Å².